The summed E-state index contributed by atoms with van der Waals surface area (Å²) < 4.78 is 0. The number of aliphatic imine (C=N–C) groups is 1. The van der Waals surface area contributed by atoms with Crippen LogP contribution in [0, 0.1) is 0 Å². The van der Waals surface area contributed by atoms with Crippen molar-refractivity contribution in [2.24, 2.45) is 4.99 Å². The van der Waals surface area contributed by atoms with Crippen molar-refractivity contribution < 1.29 is 0 Å². The molecule has 0 aromatic rings. The third-order valence-corrected chi connectivity index (χ3v) is 1.16. The van der Waals surface area contributed by atoms with E-state index in [0.717, 1.165) is 0 Å². The number of allylic oxidation sites excluding steroid dienone is 1. The fourth-order valence-electron chi connectivity index (χ4n) is 0.162. The molecule has 0 N–H and O–H groups in total. The molecule has 4 heteroatoms. The molecule has 0 saturated heterocycles. The van der Waals surface area contributed by atoms with Gasteiger partial charge in [-0.2, -0.15) is 0 Å². The Morgan fingerprint density at radius 2 is 1.86 bits per heavy atom. The van der Waals surface area contributed by atoms with E-state index in [4.69, 9.17) is 23.2 Å². The van der Waals surface area contributed by atoms with Crippen LogP contribution in [-0.4, -0.2) is 24.0 Å². The molecule has 7 heavy (non-hydrogen) atoms. The van der Waals surface area contributed by atoms with Gasteiger partial charge in [0.15, 0.2) is 0 Å². The molecular weight excluding hydrogens is 128 g/mol. The van der Waals surface area contributed by atoms with Crippen LogP contribution in [0.1, 0.15) is 0 Å². The van der Waals surface area contributed by atoms with Crippen LogP contribution < -0.4 is 0 Å². The number of hydrogen-bond donors (Lipinski definition) is 0. The Morgan fingerprint density at radius 1 is 1.43 bits per heavy atom. The van der Waals surface area contributed by atoms with E-state index in [1.807, 2.05) is 0 Å². The van der Waals surface area contributed by atoms with Crippen molar-refractivity contribution in [3.05, 3.63) is 11.2 Å². The molecule has 1 aliphatic rings. The number of halogens is 2. The molecule has 1 rings (SSSR count). The molecule has 1 aliphatic heterocycles. The van der Waals surface area contributed by atoms with Crippen LogP contribution in [0.15, 0.2) is 16.2 Å². The fraction of sp³-hybridized carbons (Fsp3) is 0. The zero-order chi connectivity index (χ0) is 4.57. The van der Waals surface area contributed by atoms with Gasteiger partial charge in [0.2, 0.25) is 0 Å². The molecule has 1 heterocycles. The Hall–Kier alpha value is 0.587. The second kappa shape index (κ2) is 2.79. The van der Waals surface area contributed by atoms with Crippen molar-refractivity contribution >= 4 is 47.2 Å². The molecule has 0 fully saturated rings. The minimum atomic E-state index is 0. The van der Waals surface area contributed by atoms with Gasteiger partial charge in [-0.1, -0.05) is 23.2 Å². The molecule has 0 radical (unpaired) electrons. The molecule has 0 unspecified atom stereocenters. The Kier molecular flexibility index (Phi) is 3.02. The maximum absolute atomic E-state index is 5.30. The first-order valence-corrected chi connectivity index (χ1v) is 2.15. The van der Waals surface area contributed by atoms with Crippen molar-refractivity contribution in [1.82, 2.24) is 0 Å². The van der Waals surface area contributed by atoms with Gasteiger partial charge in [-0.3, -0.25) is 0 Å². The van der Waals surface area contributed by atoms with E-state index in [1.54, 1.807) is 0 Å². The maximum atomic E-state index is 5.30. The van der Waals surface area contributed by atoms with Crippen LogP contribution in [0.3, 0.4) is 0 Å². The van der Waals surface area contributed by atoms with Crippen molar-refractivity contribution in [3.8, 4) is 0 Å². The molecule has 34 valence electrons. The predicted octanol–water partition coefficient (Wildman–Crippen LogP) is 1.07. The first-order valence-electron chi connectivity index (χ1n) is 1.40. The van der Waals surface area contributed by atoms with Gasteiger partial charge in [0.05, 0.1) is 11.2 Å². The Bertz CT molecular complexity index is 113. The molecule has 0 bridgehead atoms. The Labute approximate surface area is 63.6 Å². The van der Waals surface area contributed by atoms with Crippen molar-refractivity contribution in [3.63, 3.8) is 0 Å². The van der Waals surface area contributed by atoms with Gasteiger partial charge >= 0.3 is 18.9 Å². The topological polar surface area (TPSA) is 12.4 Å². The molecule has 0 amide bonds. The third kappa shape index (κ3) is 1.51. The summed E-state index contributed by atoms with van der Waals surface area (Å²) in [6, 6.07) is 0. The summed E-state index contributed by atoms with van der Waals surface area (Å²) >= 11 is 10.5. The minimum absolute atomic E-state index is 0. The van der Waals surface area contributed by atoms with Gasteiger partial charge in [0.1, 0.15) is 5.17 Å². The quantitative estimate of drug-likeness (QED) is 0.435. The van der Waals surface area contributed by atoms with E-state index in [0.29, 0.717) is 10.2 Å². The third-order valence-electron chi connectivity index (χ3n) is 0.488. The summed E-state index contributed by atoms with van der Waals surface area (Å²) in [5.74, 6) is 0. The van der Waals surface area contributed by atoms with E-state index in [2.05, 4.69) is 4.99 Å². The predicted molar refractivity (Wildman–Crippen MR) is 34.4 cm³/mol. The van der Waals surface area contributed by atoms with E-state index in [9.17, 15) is 0 Å². The first-order chi connectivity index (χ1) is 2.80. The zero-order valence-electron chi connectivity index (χ0n) is 2.78. The van der Waals surface area contributed by atoms with Crippen LogP contribution in [-0.2, 0) is 0 Å². The molecule has 0 aromatic carbocycles. The fourth-order valence-corrected chi connectivity index (χ4v) is 0.357. The van der Waals surface area contributed by atoms with Crippen LogP contribution in [0.5, 0.6) is 0 Å². The second-order valence-electron chi connectivity index (χ2n) is 0.897. The summed E-state index contributed by atoms with van der Waals surface area (Å²) in [6.45, 7) is 0. The summed E-state index contributed by atoms with van der Waals surface area (Å²) in [6.07, 6.45) is 1.50. The van der Waals surface area contributed by atoms with Gasteiger partial charge in [0, 0.05) is 0 Å². The van der Waals surface area contributed by atoms with Gasteiger partial charge in [-0.15, -0.1) is 0 Å². The van der Waals surface area contributed by atoms with Gasteiger partial charge in [-0.05, 0) is 0 Å². The second-order valence-corrected chi connectivity index (χ2v) is 1.66. The average Bonchev–Trinajstić information content (AvgIpc) is 1.61. The number of nitrogens with zero attached hydrogens (tertiary/aromatic N) is 1. The molecule has 1 nitrogen and oxygen atoms in total. The Balaban J connectivity index is 0.000000360. The standard InChI is InChI=1S/C3HCl2N.Li.H/c4-2-1-6-3(2)5;;/h1H;;. The molecule has 0 aromatic heterocycles. The van der Waals surface area contributed by atoms with Crippen LogP contribution in [0.2, 0.25) is 0 Å². The van der Waals surface area contributed by atoms with Crippen molar-refractivity contribution in [1.29, 1.82) is 0 Å². The van der Waals surface area contributed by atoms with Crippen LogP contribution in [0.25, 0.3) is 0 Å². The van der Waals surface area contributed by atoms with E-state index < -0.39 is 0 Å². The van der Waals surface area contributed by atoms with E-state index in [-0.39, 0.29) is 18.9 Å². The molecule has 0 spiro atoms. The van der Waals surface area contributed by atoms with E-state index in [1.165, 1.54) is 6.20 Å². The molecule has 0 saturated carbocycles. The first kappa shape index (κ1) is 7.59. The van der Waals surface area contributed by atoms with Gasteiger partial charge in [-0.25, -0.2) is 4.99 Å². The van der Waals surface area contributed by atoms with Crippen LogP contribution >= 0.6 is 23.2 Å². The summed E-state index contributed by atoms with van der Waals surface area (Å²) in [4.78, 5) is 3.54. The van der Waals surface area contributed by atoms with Gasteiger partial charge in [0.25, 0.3) is 0 Å². The molecule has 0 atom stereocenters. The van der Waals surface area contributed by atoms with E-state index >= 15 is 0 Å². The normalized spacial score (nSPS) is 15.7. The summed E-state index contributed by atoms with van der Waals surface area (Å²) in [7, 11) is 0. The van der Waals surface area contributed by atoms with Crippen LogP contribution in [0.4, 0.5) is 0 Å². The summed E-state index contributed by atoms with van der Waals surface area (Å²) in [5, 5.41) is 0.966. The number of rotatable bonds is 0. The summed E-state index contributed by atoms with van der Waals surface area (Å²) in [5.41, 5.74) is 0. The van der Waals surface area contributed by atoms with Gasteiger partial charge < -0.3 is 0 Å². The van der Waals surface area contributed by atoms with Crippen molar-refractivity contribution in [2.75, 3.05) is 0 Å². The molecular formula is C3H2Cl2LiN. The zero-order valence-corrected chi connectivity index (χ0v) is 4.29. The SMILES string of the molecule is ClC1=CN=C1Cl.[LiH]. The number of hydrogen-bond acceptors (Lipinski definition) is 1. The Morgan fingerprint density at radius 3 is 1.86 bits per heavy atom. The monoisotopic (exact) mass is 129 g/mol. The molecule has 0 aliphatic carbocycles. The van der Waals surface area contributed by atoms with Crippen molar-refractivity contribution in [2.45, 2.75) is 0 Å². The average molecular weight is 130 g/mol.